The number of amides is 1. The van der Waals surface area contributed by atoms with Crippen LogP contribution in [0.15, 0.2) is 60.7 Å². The predicted molar refractivity (Wildman–Crippen MR) is 156 cm³/mol. The highest BCUT2D eigenvalue weighted by molar-refractivity contribution is 14.1. The summed E-state index contributed by atoms with van der Waals surface area (Å²) in [5.41, 5.74) is 3.82. The van der Waals surface area contributed by atoms with Gasteiger partial charge in [0.15, 0.2) is 0 Å². The second kappa shape index (κ2) is 14.7. The highest BCUT2D eigenvalue weighted by Gasteiger charge is 2.23. The van der Waals surface area contributed by atoms with E-state index in [1.807, 2.05) is 43.3 Å². The normalized spacial score (nSPS) is 13.7. The summed E-state index contributed by atoms with van der Waals surface area (Å²) >= 11 is 2.24. The van der Waals surface area contributed by atoms with Crippen molar-refractivity contribution >= 4 is 28.5 Å². The first kappa shape index (κ1) is 30.1. The summed E-state index contributed by atoms with van der Waals surface area (Å²) in [6, 6.07) is 16.5. The zero-order valence-electron chi connectivity index (χ0n) is 22.0. The van der Waals surface area contributed by atoms with E-state index in [1.54, 1.807) is 6.07 Å². The number of hydrogen-bond donors (Lipinski definition) is 4. The van der Waals surface area contributed by atoms with E-state index in [-0.39, 0.29) is 18.9 Å². The molecular weight excluding hydrogens is 599 g/mol. The molecule has 0 radical (unpaired) electrons. The molecule has 0 aliphatic heterocycles. The van der Waals surface area contributed by atoms with E-state index < -0.39 is 23.8 Å². The van der Waals surface area contributed by atoms with Crippen molar-refractivity contribution < 1.29 is 18.7 Å². The van der Waals surface area contributed by atoms with Gasteiger partial charge in [-0.05, 0) is 102 Å². The number of aliphatic hydroxyl groups is 1. The lowest BCUT2D eigenvalue weighted by atomic mass is 9.99. The first-order valence-corrected chi connectivity index (χ1v) is 13.9. The maximum absolute atomic E-state index is 13.9. The summed E-state index contributed by atoms with van der Waals surface area (Å²) in [6.45, 7) is 7.50. The average molecular weight is 636 g/mol. The zero-order valence-corrected chi connectivity index (χ0v) is 24.2. The highest BCUT2D eigenvalue weighted by atomic mass is 127. The van der Waals surface area contributed by atoms with E-state index in [4.69, 9.17) is 0 Å². The van der Waals surface area contributed by atoms with Crippen molar-refractivity contribution in [1.29, 1.82) is 0 Å². The zero-order chi connectivity index (χ0) is 27.7. The lowest BCUT2D eigenvalue weighted by molar-refractivity contribution is 0.0829. The molecule has 4 N–H and O–H groups in total. The third-order valence-electron chi connectivity index (χ3n) is 6.40. The van der Waals surface area contributed by atoms with Crippen LogP contribution in [0.5, 0.6) is 0 Å². The van der Waals surface area contributed by atoms with Crippen molar-refractivity contribution in [2.45, 2.75) is 64.9 Å². The molecular formula is C30H36F2IN3O2. The Hall–Kier alpha value is -2.40. The molecule has 0 aliphatic rings. The molecule has 3 aromatic rings. The average Bonchev–Trinajstić information content (AvgIpc) is 2.86. The topological polar surface area (TPSA) is 73.4 Å². The maximum atomic E-state index is 13.9. The Bertz CT molecular complexity index is 1200. The van der Waals surface area contributed by atoms with Crippen LogP contribution in [0.4, 0.5) is 8.78 Å². The molecule has 0 fully saturated rings. The molecule has 3 atom stereocenters. The fraction of sp³-hybridized carbons (Fsp3) is 0.367. The molecule has 0 bridgehead atoms. The van der Waals surface area contributed by atoms with Gasteiger partial charge in [-0.2, -0.15) is 0 Å². The van der Waals surface area contributed by atoms with Crippen molar-refractivity contribution in [3.8, 4) is 0 Å². The number of carbonyl (C=O) groups is 1. The van der Waals surface area contributed by atoms with Gasteiger partial charge in [-0.15, -0.1) is 0 Å². The summed E-state index contributed by atoms with van der Waals surface area (Å²) in [4.78, 5) is 13.3. The van der Waals surface area contributed by atoms with Gasteiger partial charge in [0.05, 0.1) is 12.1 Å². The van der Waals surface area contributed by atoms with Crippen LogP contribution >= 0.6 is 22.6 Å². The number of halogens is 3. The summed E-state index contributed by atoms with van der Waals surface area (Å²) in [5.74, 6) is -1.75. The predicted octanol–water partition coefficient (Wildman–Crippen LogP) is 5.26. The van der Waals surface area contributed by atoms with Gasteiger partial charge in [0.2, 0.25) is 0 Å². The SMILES string of the molecule is CCC(C)NCc1cc(C)cc(C(=O)N[C@@H](Cc2cc(F)cc(F)c2)[C@H](O)CNCc2cccc(I)c2)c1. The second-order valence-corrected chi connectivity index (χ2v) is 11.0. The first-order valence-electron chi connectivity index (χ1n) is 12.9. The molecule has 38 heavy (non-hydrogen) atoms. The first-order chi connectivity index (χ1) is 18.1. The lowest BCUT2D eigenvalue weighted by Gasteiger charge is -2.25. The maximum Gasteiger partial charge on any atom is 0.251 e. The van der Waals surface area contributed by atoms with Crippen molar-refractivity contribution in [1.82, 2.24) is 16.0 Å². The van der Waals surface area contributed by atoms with Gasteiger partial charge >= 0.3 is 0 Å². The largest absolute Gasteiger partial charge is 0.390 e. The number of nitrogens with one attached hydrogen (secondary N) is 3. The second-order valence-electron chi connectivity index (χ2n) is 9.79. The van der Waals surface area contributed by atoms with Crippen LogP contribution in [-0.2, 0) is 19.5 Å². The number of carbonyl (C=O) groups excluding carboxylic acids is 1. The van der Waals surface area contributed by atoms with Crippen LogP contribution in [-0.4, -0.2) is 35.7 Å². The quantitative estimate of drug-likeness (QED) is 0.194. The molecule has 0 aromatic heterocycles. The summed E-state index contributed by atoms with van der Waals surface area (Å²) in [5, 5.41) is 20.6. The lowest BCUT2D eigenvalue weighted by Crippen LogP contribution is -2.48. The van der Waals surface area contributed by atoms with Gasteiger partial charge in [-0.25, -0.2) is 8.78 Å². The molecule has 5 nitrogen and oxygen atoms in total. The van der Waals surface area contributed by atoms with Gasteiger partial charge in [0.1, 0.15) is 11.6 Å². The van der Waals surface area contributed by atoms with Gasteiger partial charge in [-0.1, -0.05) is 30.7 Å². The van der Waals surface area contributed by atoms with Crippen LogP contribution in [0, 0.1) is 22.1 Å². The molecule has 3 aromatic carbocycles. The monoisotopic (exact) mass is 635 g/mol. The third-order valence-corrected chi connectivity index (χ3v) is 7.07. The van der Waals surface area contributed by atoms with E-state index in [0.29, 0.717) is 30.3 Å². The van der Waals surface area contributed by atoms with Crippen LogP contribution in [0.3, 0.4) is 0 Å². The van der Waals surface area contributed by atoms with Crippen LogP contribution in [0.2, 0.25) is 0 Å². The summed E-state index contributed by atoms with van der Waals surface area (Å²) in [6.07, 6.45) is 0.0712. The van der Waals surface area contributed by atoms with E-state index in [9.17, 15) is 18.7 Å². The Morgan fingerprint density at radius 2 is 1.71 bits per heavy atom. The highest BCUT2D eigenvalue weighted by Crippen LogP contribution is 2.15. The molecule has 1 unspecified atom stereocenters. The minimum atomic E-state index is -0.996. The molecule has 1 amide bonds. The number of aliphatic hydroxyl groups excluding tert-OH is 1. The van der Waals surface area contributed by atoms with Gasteiger partial charge < -0.3 is 21.1 Å². The van der Waals surface area contributed by atoms with Crippen molar-refractivity contribution in [3.05, 3.63) is 104 Å². The van der Waals surface area contributed by atoms with Gasteiger partial charge in [0, 0.05) is 40.9 Å². The molecule has 3 rings (SSSR count). The Balaban J connectivity index is 1.74. The molecule has 204 valence electrons. The Labute approximate surface area is 237 Å². The number of benzene rings is 3. The van der Waals surface area contributed by atoms with E-state index in [0.717, 1.165) is 32.7 Å². The number of hydrogen-bond acceptors (Lipinski definition) is 4. The Morgan fingerprint density at radius 1 is 0.974 bits per heavy atom. The fourth-order valence-corrected chi connectivity index (χ4v) is 4.81. The Kier molecular flexibility index (Phi) is 11.6. The van der Waals surface area contributed by atoms with Crippen LogP contribution < -0.4 is 16.0 Å². The van der Waals surface area contributed by atoms with Crippen molar-refractivity contribution in [2.24, 2.45) is 0 Å². The van der Waals surface area contributed by atoms with E-state index >= 15 is 0 Å². The summed E-state index contributed by atoms with van der Waals surface area (Å²) < 4.78 is 28.8. The van der Waals surface area contributed by atoms with Gasteiger partial charge in [-0.3, -0.25) is 4.79 Å². The molecule has 0 saturated heterocycles. The minimum Gasteiger partial charge on any atom is -0.390 e. The Morgan fingerprint density at radius 3 is 2.39 bits per heavy atom. The fourth-order valence-electron chi connectivity index (χ4n) is 4.20. The number of aryl methyl sites for hydroxylation is 1. The molecule has 0 spiro atoms. The van der Waals surface area contributed by atoms with Gasteiger partial charge in [0.25, 0.3) is 5.91 Å². The standard InChI is InChI=1S/C30H36F2IN3O2/c1-4-20(3)35-17-23-8-19(2)9-24(10-23)30(38)36-28(14-22-11-25(31)15-26(32)12-22)29(37)18-34-16-21-6-5-7-27(33)13-21/h5-13,15,20,28-29,34-35,37H,4,14,16-18H2,1-3H3,(H,36,38)/t20?,28-,29+/m0/s1. The van der Waals surface area contributed by atoms with E-state index in [1.165, 1.54) is 12.1 Å². The molecule has 8 heteroatoms. The molecule has 0 saturated carbocycles. The van der Waals surface area contributed by atoms with Crippen molar-refractivity contribution in [2.75, 3.05) is 6.54 Å². The molecule has 0 heterocycles. The minimum absolute atomic E-state index is 0.0702. The summed E-state index contributed by atoms with van der Waals surface area (Å²) in [7, 11) is 0. The smallest absolute Gasteiger partial charge is 0.251 e. The number of rotatable bonds is 13. The van der Waals surface area contributed by atoms with Crippen LogP contribution in [0.1, 0.15) is 52.9 Å². The molecule has 0 aliphatic carbocycles. The third kappa shape index (κ3) is 9.72. The van der Waals surface area contributed by atoms with Crippen LogP contribution in [0.25, 0.3) is 0 Å². The van der Waals surface area contributed by atoms with Crippen molar-refractivity contribution in [3.63, 3.8) is 0 Å². The van der Waals surface area contributed by atoms with E-state index in [2.05, 4.69) is 52.4 Å².